The Morgan fingerprint density at radius 2 is 1.82 bits per heavy atom. The maximum atomic E-state index is 5.18. The first-order valence-corrected chi connectivity index (χ1v) is 4.68. The van der Waals surface area contributed by atoms with Crippen molar-refractivity contribution in [2.45, 2.75) is 13.0 Å². The molecule has 0 aromatic heterocycles. The molecule has 2 heteroatoms. The van der Waals surface area contributed by atoms with Gasteiger partial charge in [-0.05, 0) is 17.8 Å². The zero-order chi connectivity index (χ0) is 7.42. The molecule has 0 unspecified atom stereocenters. The zero-order valence-corrected chi connectivity index (χ0v) is 6.99. The van der Waals surface area contributed by atoms with Crippen LogP contribution in [0, 0.1) is 17.8 Å². The summed E-state index contributed by atoms with van der Waals surface area (Å²) in [5.41, 5.74) is 0. The molecule has 1 saturated carbocycles. The van der Waals surface area contributed by atoms with Crippen LogP contribution in [0.1, 0.15) is 6.92 Å². The van der Waals surface area contributed by atoms with E-state index in [1.54, 1.807) is 0 Å². The Labute approximate surface area is 67.5 Å². The topological polar surface area (TPSA) is 12.5 Å². The highest BCUT2D eigenvalue weighted by Gasteiger charge is 2.54. The molecular weight excluding hydrogens is 138 g/mol. The lowest BCUT2D eigenvalue weighted by molar-refractivity contribution is -0.0615. The van der Waals surface area contributed by atoms with Crippen molar-refractivity contribution in [1.82, 2.24) is 4.90 Å². The van der Waals surface area contributed by atoms with E-state index >= 15 is 0 Å². The molecule has 3 aliphatic rings. The third-order valence-electron chi connectivity index (χ3n) is 3.79. The molecule has 1 aliphatic carbocycles. The van der Waals surface area contributed by atoms with Crippen LogP contribution in [0.5, 0.6) is 0 Å². The van der Waals surface area contributed by atoms with Gasteiger partial charge >= 0.3 is 0 Å². The van der Waals surface area contributed by atoms with Gasteiger partial charge in [0.05, 0.1) is 19.3 Å². The van der Waals surface area contributed by atoms with Gasteiger partial charge in [-0.1, -0.05) is 6.92 Å². The third kappa shape index (κ3) is 0.798. The molecule has 3 fully saturated rings. The first-order chi connectivity index (χ1) is 5.36. The number of rotatable bonds is 1. The van der Waals surface area contributed by atoms with Crippen LogP contribution in [-0.4, -0.2) is 37.2 Å². The minimum atomic E-state index is 0.787. The Kier molecular flexibility index (Phi) is 1.16. The highest BCUT2D eigenvalue weighted by molar-refractivity contribution is 5.04. The van der Waals surface area contributed by atoms with Gasteiger partial charge in [-0.25, -0.2) is 0 Å². The van der Waals surface area contributed by atoms with E-state index in [-0.39, 0.29) is 0 Å². The van der Waals surface area contributed by atoms with Crippen molar-refractivity contribution in [2.75, 3.05) is 26.3 Å². The van der Waals surface area contributed by atoms with E-state index in [1.807, 2.05) is 0 Å². The first-order valence-electron chi connectivity index (χ1n) is 4.68. The lowest BCUT2D eigenvalue weighted by atomic mass is 10.2. The van der Waals surface area contributed by atoms with Crippen molar-refractivity contribution in [1.29, 1.82) is 0 Å². The van der Waals surface area contributed by atoms with Crippen LogP contribution < -0.4 is 0 Å². The quantitative estimate of drug-likeness (QED) is 0.546. The van der Waals surface area contributed by atoms with E-state index < -0.39 is 0 Å². The van der Waals surface area contributed by atoms with Gasteiger partial charge in [-0.15, -0.1) is 0 Å². The fourth-order valence-corrected chi connectivity index (χ4v) is 2.59. The van der Waals surface area contributed by atoms with Gasteiger partial charge in [0.25, 0.3) is 0 Å². The molecule has 62 valence electrons. The van der Waals surface area contributed by atoms with Crippen LogP contribution in [0.15, 0.2) is 0 Å². The van der Waals surface area contributed by atoms with Crippen LogP contribution in [0.2, 0.25) is 0 Å². The summed E-state index contributed by atoms with van der Waals surface area (Å²) in [7, 11) is 0. The number of fused-ring (bicyclic) bond motifs is 1. The Morgan fingerprint density at radius 1 is 1.18 bits per heavy atom. The standard InChI is InChI=1S/C9H15NO/c1-6-8-2-10(3-9(6)8)7-4-11-5-7/h6-9H,2-5H2,1H3/t6-,8-,9+. The molecule has 2 aliphatic heterocycles. The third-order valence-corrected chi connectivity index (χ3v) is 3.79. The van der Waals surface area contributed by atoms with Crippen LogP contribution in [0.25, 0.3) is 0 Å². The molecular formula is C9H15NO. The molecule has 0 aromatic carbocycles. The highest BCUT2D eigenvalue weighted by atomic mass is 16.5. The number of hydrogen-bond donors (Lipinski definition) is 0. The van der Waals surface area contributed by atoms with Gasteiger partial charge < -0.3 is 4.74 Å². The van der Waals surface area contributed by atoms with Crippen LogP contribution >= 0.6 is 0 Å². The van der Waals surface area contributed by atoms with E-state index in [0.29, 0.717) is 0 Å². The minimum absolute atomic E-state index is 0.787. The minimum Gasteiger partial charge on any atom is -0.378 e. The largest absolute Gasteiger partial charge is 0.378 e. The van der Waals surface area contributed by atoms with Gasteiger partial charge in [-0.2, -0.15) is 0 Å². The average Bonchev–Trinajstić information content (AvgIpc) is 2.42. The number of likely N-dealkylation sites (tertiary alicyclic amines) is 1. The normalized spacial score (nSPS) is 50.5. The molecule has 0 spiro atoms. The first kappa shape index (κ1) is 6.44. The van der Waals surface area contributed by atoms with Crippen molar-refractivity contribution in [3.8, 4) is 0 Å². The Morgan fingerprint density at radius 3 is 2.27 bits per heavy atom. The second-order valence-electron chi connectivity index (χ2n) is 4.33. The highest BCUT2D eigenvalue weighted by Crippen LogP contribution is 2.51. The van der Waals surface area contributed by atoms with Gasteiger partial charge in [0.1, 0.15) is 0 Å². The molecule has 11 heavy (non-hydrogen) atoms. The predicted molar refractivity (Wildman–Crippen MR) is 42.3 cm³/mol. The maximum Gasteiger partial charge on any atom is 0.0645 e. The predicted octanol–water partition coefficient (Wildman–Crippen LogP) is 0.583. The SMILES string of the molecule is C[C@@H]1[C@H]2CN(C3COC3)C[C@@H]12. The average molecular weight is 153 g/mol. The lowest BCUT2D eigenvalue weighted by Gasteiger charge is -2.35. The van der Waals surface area contributed by atoms with Gasteiger partial charge in [0.2, 0.25) is 0 Å². The van der Waals surface area contributed by atoms with E-state index in [0.717, 1.165) is 37.0 Å². The fourth-order valence-electron chi connectivity index (χ4n) is 2.59. The summed E-state index contributed by atoms with van der Waals surface area (Å²) < 4.78 is 5.18. The van der Waals surface area contributed by atoms with E-state index in [2.05, 4.69) is 11.8 Å². The monoisotopic (exact) mass is 153 g/mol. The Bertz CT molecular complexity index is 166. The lowest BCUT2D eigenvalue weighted by Crippen LogP contribution is -2.48. The van der Waals surface area contributed by atoms with Crippen molar-refractivity contribution in [3.63, 3.8) is 0 Å². The second-order valence-corrected chi connectivity index (χ2v) is 4.33. The van der Waals surface area contributed by atoms with Gasteiger partial charge in [0, 0.05) is 13.1 Å². The Balaban J connectivity index is 1.60. The van der Waals surface area contributed by atoms with Crippen LogP contribution in [0.4, 0.5) is 0 Å². The van der Waals surface area contributed by atoms with Crippen molar-refractivity contribution in [2.24, 2.45) is 17.8 Å². The number of hydrogen-bond acceptors (Lipinski definition) is 2. The molecule has 0 amide bonds. The second kappa shape index (κ2) is 1.99. The van der Waals surface area contributed by atoms with E-state index in [4.69, 9.17) is 4.74 Å². The molecule has 0 N–H and O–H groups in total. The van der Waals surface area contributed by atoms with Gasteiger partial charge in [0.15, 0.2) is 0 Å². The molecule has 3 rings (SSSR count). The smallest absolute Gasteiger partial charge is 0.0645 e. The molecule has 2 nitrogen and oxygen atoms in total. The van der Waals surface area contributed by atoms with Crippen molar-refractivity contribution < 1.29 is 4.74 Å². The number of ether oxygens (including phenoxy) is 1. The summed E-state index contributed by atoms with van der Waals surface area (Å²) in [6.45, 7) is 7.10. The molecule has 2 heterocycles. The molecule has 0 aromatic rings. The van der Waals surface area contributed by atoms with Crippen LogP contribution in [-0.2, 0) is 4.74 Å². The summed E-state index contributed by atoms with van der Waals surface area (Å²) in [6.07, 6.45) is 0. The van der Waals surface area contributed by atoms with Gasteiger partial charge in [-0.3, -0.25) is 4.90 Å². The van der Waals surface area contributed by atoms with Crippen molar-refractivity contribution in [3.05, 3.63) is 0 Å². The summed E-state index contributed by atoms with van der Waals surface area (Å²) in [4.78, 5) is 2.62. The summed E-state index contributed by atoms with van der Waals surface area (Å²) >= 11 is 0. The summed E-state index contributed by atoms with van der Waals surface area (Å²) in [5, 5.41) is 0. The van der Waals surface area contributed by atoms with E-state index in [1.165, 1.54) is 13.1 Å². The summed E-state index contributed by atoms with van der Waals surface area (Å²) in [6, 6.07) is 0.787. The molecule has 0 radical (unpaired) electrons. The fraction of sp³-hybridized carbons (Fsp3) is 1.00. The molecule has 2 saturated heterocycles. The Hall–Kier alpha value is -0.0800. The molecule has 0 bridgehead atoms. The van der Waals surface area contributed by atoms with Crippen molar-refractivity contribution >= 4 is 0 Å². The number of nitrogens with zero attached hydrogens (tertiary/aromatic N) is 1. The van der Waals surface area contributed by atoms with Crippen LogP contribution in [0.3, 0.4) is 0 Å². The van der Waals surface area contributed by atoms with E-state index in [9.17, 15) is 0 Å². The molecule has 3 atom stereocenters. The zero-order valence-electron chi connectivity index (χ0n) is 6.99. The maximum absolute atomic E-state index is 5.18. The summed E-state index contributed by atoms with van der Waals surface area (Å²) in [5.74, 6) is 3.14. The number of piperidine rings is 1.